The Balaban J connectivity index is 2.30. The second-order valence-electron chi connectivity index (χ2n) is 4.94. The molecular formula is C13H18FNO2S. The van der Waals surface area contributed by atoms with E-state index < -0.39 is 21.1 Å². The Kier molecular flexibility index (Phi) is 3.73. The molecule has 0 aliphatic carbocycles. The van der Waals surface area contributed by atoms with Crippen LogP contribution in [0.1, 0.15) is 36.4 Å². The molecule has 2 atom stereocenters. The van der Waals surface area contributed by atoms with Crippen molar-refractivity contribution in [2.24, 2.45) is 5.73 Å². The molecule has 2 rings (SSSR count). The van der Waals surface area contributed by atoms with Crippen LogP contribution in [0, 0.1) is 12.7 Å². The summed E-state index contributed by atoms with van der Waals surface area (Å²) in [5, 5.41) is -0.576. The molecule has 0 bridgehead atoms. The second-order valence-corrected chi connectivity index (χ2v) is 7.28. The van der Waals surface area contributed by atoms with Crippen LogP contribution in [0.15, 0.2) is 18.2 Å². The monoisotopic (exact) mass is 271 g/mol. The minimum Gasteiger partial charge on any atom is -0.323 e. The number of nitrogens with two attached hydrogens (primary N) is 1. The molecule has 1 aliphatic rings. The fourth-order valence-corrected chi connectivity index (χ4v) is 4.45. The van der Waals surface area contributed by atoms with Crippen LogP contribution in [-0.4, -0.2) is 19.4 Å². The molecule has 2 unspecified atom stereocenters. The highest BCUT2D eigenvalue weighted by molar-refractivity contribution is 7.92. The van der Waals surface area contributed by atoms with E-state index in [2.05, 4.69) is 0 Å². The van der Waals surface area contributed by atoms with Crippen LogP contribution < -0.4 is 5.73 Å². The van der Waals surface area contributed by atoms with Crippen molar-refractivity contribution in [1.82, 2.24) is 0 Å². The summed E-state index contributed by atoms with van der Waals surface area (Å²) in [5.74, 6) is -0.143. The first-order chi connectivity index (χ1) is 8.42. The van der Waals surface area contributed by atoms with Gasteiger partial charge in [-0.2, -0.15) is 0 Å². The van der Waals surface area contributed by atoms with E-state index in [9.17, 15) is 12.8 Å². The van der Waals surface area contributed by atoms with Crippen LogP contribution in [0.25, 0.3) is 0 Å². The van der Waals surface area contributed by atoms with Gasteiger partial charge < -0.3 is 5.73 Å². The van der Waals surface area contributed by atoms with Gasteiger partial charge in [-0.05, 0) is 37.0 Å². The van der Waals surface area contributed by atoms with E-state index in [1.807, 2.05) is 0 Å². The molecule has 1 aromatic carbocycles. The summed E-state index contributed by atoms with van der Waals surface area (Å²) in [6.45, 7) is 1.67. The Morgan fingerprint density at radius 2 is 2.11 bits per heavy atom. The van der Waals surface area contributed by atoms with Crippen LogP contribution in [-0.2, 0) is 9.84 Å². The highest BCUT2D eigenvalue weighted by Crippen LogP contribution is 2.29. The fraction of sp³-hybridized carbons (Fsp3) is 0.538. The zero-order valence-electron chi connectivity index (χ0n) is 10.4. The molecule has 1 aromatic rings. The number of benzene rings is 1. The molecule has 0 spiro atoms. The molecule has 1 heterocycles. The van der Waals surface area contributed by atoms with Gasteiger partial charge >= 0.3 is 0 Å². The Bertz CT molecular complexity index is 542. The third kappa shape index (κ3) is 2.57. The van der Waals surface area contributed by atoms with Crippen molar-refractivity contribution in [2.75, 3.05) is 5.75 Å². The number of sulfone groups is 1. The third-order valence-electron chi connectivity index (χ3n) is 3.61. The number of aryl methyl sites for hydroxylation is 1. The first-order valence-electron chi connectivity index (χ1n) is 6.15. The molecule has 100 valence electrons. The third-order valence-corrected chi connectivity index (χ3v) is 5.92. The topological polar surface area (TPSA) is 60.2 Å². The number of halogens is 1. The van der Waals surface area contributed by atoms with Gasteiger partial charge in [0.2, 0.25) is 0 Å². The van der Waals surface area contributed by atoms with Gasteiger partial charge in [-0.1, -0.05) is 18.6 Å². The zero-order valence-corrected chi connectivity index (χ0v) is 11.2. The van der Waals surface area contributed by atoms with Crippen molar-refractivity contribution in [3.63, 3.8) is 0 Å². The molecule has 3 nitrogen and oxygen atoms in total. The van der Waals surface area contributed by atoms with E-state index in [0.29, 0.717) is 24.0 Å². The van der Waals surface area contributed by atoms with Gasteiger partial charge in [-0.3, -0.25) is 0 Å². The first-order valence-corrected chi connectivity index (χ1v) is 7.86. The molecule has 18 heavy (non-hydrogen) atoms. The summed E-state index contributed by atoms with van der Waals surface area (Å²) in [6, 6.07) is 4.07. The maximum absolute atomic E-state index is 13.5. The van der Waals surface area contributed by atoms with Gasteiger partial charge in [-0.25, -0.2) is 12.8 Å². The lowest BCUT2D eigenvalue weighted by Crippen LogP contribution is -2.37. The van der Waals surface area contributed by atoms with E-state index in [1.54, 1.807) is 19.1 Å². The molecule has 0 saturated carbocycles. The molecule has 1 fully saturated rings. The molecular weight excluding hydrogens is 253 g/mol. The summed E-state index contributed by atoms with van der Waals surface area (Å²) in [6.07, 6.45) is 2.14. The molecule has 0 radical (unpaired) electrons. The maximum Gasteiger partial charge on any atom is 0.155 e. The van der Waals surface area contributed by atoms with E-state index >= 15 is 0 Å². The van der Waals surface area contributed by atoms with Crippen molar-refractivity contribution >= 4 is 9.84 Å². The fourth-order valence-electron chi connectivity index (χ4n) is 2.41. The smallest absolute Gasteiger partial charge is 0.155 e. The van der Waals surface area contributed by atoms with Crippen molar-refractivity contribution in [2.45, 2.75) is 37.5 Å². The van der Waals surface area contributed by atoms with Gasteiger partial charge in [0.05, 0.1) is 11.0 Å². The molecule has 1 aliphatic heterocycles. The second kappa shape index (κ2) is 4.97. The van der Waals surface area contributed by atoms with E-state index in [1.165, 1.54) is 6.07 Å². The minimum absolute atomic E-state index is 0.194. The normalized spacial score (nSPS) is 24.7. The van der Waals surface area contributed by atoms with Gasteiger partial charge in [0.15, 0.2) is 9.84 Å². The summed E-state index contributed by atoms with van der Waals surface area (Å²) < 4.78 is 37.4. The lowest BCUT2D eigenvalue weighted by atomic mass is 9.99. The zero-order chi connectivity index (χ0) is 13.3. The van der Waals surface area contributed by atoms with Crippen molar-refractivity contribution < 1.29 is 12.8 Å². The lowest BCUT2D eigenvalue weighted by molar-refractivity contribution is 0.503. The van der Waals surface area contributed by atoms with Crippen LogP contribution in [0.5, 0.6) is 0 Å². The van der Waals surface area contributed by atoms with E-state index in [-0.39, 0.29) is 11.6 Å². The van der Waals surface area contributed by atoms with Crippen LogP contribution in [0.2, 0.25) is 0 Å². The largest absolute Gasteiger partial charge is 0.323 e. The Morgan fingerprint density at radius 1 is 1.39 bits per heavy atom. The highest BCUT2D eigenvalue weighted by Gasteiger charge is 2.34. The van der Waals surface area contributed by atoms with Gasteiger partial charge in [0.25, 0.3) is 0 Å². The lowest BCUT2D eigenvalue weighted by Gasteiger charge is -2.27. The predicted molar refractivity (Wildman–Crippen MR) is 69.5 cm³/mol. The van der Waals surface area contributed by atoms with E-state index in [0.717, 1.165) is 6.42 Å². The average Bonchev–Trinajstić information content (AvgIpc) is 2.31. The average molecular weight is 271 g/mol. The first kappa shape index (κ1) is 13.5. The predicted octanol–water partition coefficient (Wildman–Crippen LogP) is 2.10. The molecule has 2 N–H and O–H groups in total. The summed E-state index contributed by atoms with van der Waals surface area (Å²) in [4.78, 5) is 0. The van der Waals surface area contributed by atoms with Crippen LogP contribution in [0.3, 0.4) is 0 Å². The quantitative estimate of drug-likeness (QED) is 0.896. The SMILES string of the molecule is Cc1ccc(C(N)C2CCCCS2(=O)=O)cc1F. The standard InChI is InChI=1S/C13H18FNO2S/c1-9-5-6-10(8-11(9)14)13(15)12-4-2-3-7-18(12,16)17/h5-6,8,12-13H,2-4,7,15H2,1H3. The molecule has 0 aromatic heterocycles. The molecule has 0 amide bonds. The maximum atomic E-state index is 13.5. The van der Waals surface area contributed by atoms with Crippen LogP contribution in [0.4, 0.5) is 4.39 Å². The minimum atomic E-state index is -3.14. The van der Waals surface area contributed by atoms with E-state index in [4.69, 9.17) is 5.73 Å². The molecule has 1 saturated heterocycles. The molecule has 5 heteroatoms. The number of hydrogen-bond donors (Lipinski definition) is 1. The number of rotatable bonds is 2. The summed E-state index contributed by atoms with van der Waals surface area (Å²) in [7, 11) is -3.14. The summed E-state index contributed by atoms with van der Waals surface area (Å²) >= 11 is 0. The van der Waals surface area contributed by atoms with Crippen molar-refractivity contribution in [3.8, 4) is 0 Å². The Hall–Kier alpha value is -0.940. The highest BCUT2D eigenvalue weighted by atomic mass is 32.2. The summed E-state index contributed by atoms with van der Waals surface area (Å²) in [5.41, 5.74) is 7.12. The van der Waals surface area contributed by atoms with Gasteiger partial charge in [-0.15, -0.1) is 0 Å². The van der Waals surface area contributed by atoms with Gasteiger partial charge in [0, 0.05) is 6.04 Å². The number of hydrogen-bond acceptors (Lipinski definition) is 3. The van der Waals surface area contributed by atoms with Crippen LogP contribution >= 0.6 is 0 Å². The Morgan fingerprint density at radius 3 is 2.72 bits per heavy atom. The van der Waals surface area contributed by atoms with Crippen molar-refractivity contribution in [3.05, 3.63) is 35.1 Å². The Labute approximate surface area is 107 Å². The van der Waals surface area contributed by atoms with Gasteiger partial charge in [0.1, 0.15) is 5.82 Å². The van der Waals surface area contributed by atoms with Crippen molar-refractivity contribution in [1.29, 1.82) is 0 Å².